The number of nitrogens with zero attached hydrogens (tertiary/aromatic N) is 3. The lowest BCUT2D eigenvalue weighted by molar-refractivity contribution is -0.0480. The van der Waals surface area contributed by atoms with Crippen molar-refractivity contribution < 1.29 is 18.9 Å². The summed E-state index contributed by atoms with van der Waals surface area (Å²) < 4.78 is 24.5. The Morgan fingerprint density at radius 3 is 2.62 bits per heavy atom. The summed E-state index contributed by atoms with van der Waals surface area (Å²) in [6, 6.07) is 12.6. The molecule has 0 saturated carbocycles. The van der Waals surface area contributed by atoms with E-state index in [9.17, 15) is 4.79 Å². The summed E-state index contributed by atoms with van der Waals surface area (Å²) >= 11 is 6.44. The molecule has 12 heteroatoms. The van der Waals surface area contributed by atoms with Crippen molar-refractivity contribution in [3.05, 3.63) is 64.1 Å². The summed E-state index contributed by atoms with van der Waals surface area (Å²) in [5.74, 6) is 0. The van der Waals surface area contributed by atoms with E-state index >= 15 is 0 Å². The Balaban J connectivity index is 0.00000226. The van der Waals surface area contributed by atoms with Gasteiger partial charge in [0.1, 0.15) is 11.3 Å². The summed E-state index contributed by atoms with van der Waals surface area (Å²) in [6.45, 7) is 9.05. The van der Waals surface area contributed by atoms with Crippen LogP contribution in [-0.4, -0.2) is 75.6 Å². The smallest absolute Gasteiger partial charge is 0.275 e. The standard InChI is InChI=1S/C33H47N5O5.H2S2/c1-25(27-9-6-8-26(22-27)24-41-17-7-12-34-2)36-29-11-13-35-32-28(29)23-30(37-15-18-40-19-16-37)33(39)38(32)14-5-3-4-10-31-42-20-21-43-31;1-2/h6,8-9,11,13,22-23,25,31,34H,3-5,7,10,12,14-21,24H2,1-2H3,(H,35,36);1-2H. The zero-order chi connectivity index (χ0) is 31.9. The summed E-state index contributed by atoms with van der Waals surface area (Å²) in [5, 5.41) is 7.82. The fourth-order valence-electron chi connectivity index (χ4n) is 5.76. The predicted octanol–water partition coefficient (Wildman–Crippen LogP) is 5.23. The van der Waals surface area contributed by atoms with Crippen LogP contribution in [0.15, 0.2) is 47.4 Å². The highest BCUT2D eigenvalue weighted by molar-refractivity contribution is 8.59. The number of thiol groups is 2. The highest BCUT2D eigenvalue weighted by atomic mass is 33.1. The van der Waals surface area contributed by atoms with E-state index < -0.39 is 0 Å². The third-order valence-electron chi connectivity index (χ3n) is 8.14. The van der Waals surface area contributed by atoms with Crippen LogP contribution in [0.1, 0.15) is 56.2 Å². The fourth-order valence-corrected chi connectivity index (χ4v) is 5.76. The van der Waals surface area contributed by atoms with Crippen molar-refractivity contribution in [1.82, 2.24) is 14.9 Å². The number of ether oxygens (including phenoxy) is 4. The number of nitrogens with one attached hydrogen (secondary N) is 2. The Hall–Kier alpha value is -2.32. The molecule has 2 aliphatic rings. The summed E-state index contributed by atoms with van der Waals surface area (Å²) in [7, 11) is 1.96. The Morgan fingerprint density at radius 1 is 1.04 bits per heavy atom. The van der Waals surface area contributed by atoms with E-state index in [2.05, 4.69) is 70.0 Å². The van der Waals surface area contributed by atoms with Gasteiger partial charge in [-0.25, -0.2) is 4.98 Å². The molecule has 248 valence electrons. The van der Waals surface area contributed by atoms with E-state index in [1.165, 1.54) is 5.56 Å². The highest BCUT2D eigenvalue weighted by Crippen LogP contribution is 2.29. The van der Waals surface area contributed by atoms with Gasteiger partial charge < -0.3 is 34.5 Å². The second kappa shape index (κ2) is 19.4. The zero-order valence-electron chi connectivity index (χ0n) is 26.6. The van der Waals surface area contributed by atoms with Crippen LogP contribution in [0.4, 0.5) is 11.4 Å². The number of unbranched alkanes of at least 4 members (excludes halogenated alkanes) is 2. The van der Waals surface area contributed by atoms with Crippen molar-refractivity contribution in [1.29, 1.82) is 0 Å². The van der Waals surface area contributed by atoms with E-state index in [1.54, 1.807) is 6.20 Å². The number of aromatic nitrogens is 2. The Bertz CT molecular complexity index is 1370. The monoisotopic (exact) mass is 659 g/mol. The molecular weight excluding hydrogens is 611 g/mol. The SMILES string of the molecule is CNCCCOCc1cccc(C(C)Nc2ccnc3c2cc(N2CCOCC2)c(=O)n3CCCCCC2OCCO2)c1.SS. The molecule has 45 heavy (non-hydrogen) atoms. The van der Waals surface area contributed by atoms with Crippen LogP contribution in [0.5, 0.6) is 0 Å². The number of anilines is 2. The molecule has 0 spiro atoms. The summed E-state index contributed by atoms with van der Waals surface area (Å²) in [4.78, 5) is 20.7. The normalized spacial score (nSPS) is 16.0. The first-order valence-corrected chi connectivity index (χ1v) is 17.6. The van der Waals surface area contributed by atoms with E-state index in [0.29, 0.717) is 64.0 Å². The lowest BCUT2D eigenvalue weighted by Crippen LogP contribution is -2.40. The number of benzene rings is 1. The first-order valence-electron chi connectivity index (χ1n) is 16.0. The van der Waals surface area contributed by atoms with Gasteiger partial charge in [-0.15, -0.1) is 23.3 Å². The Morgan fingerprint density at radius 2 is 1.84 bits per heavy atom. The number of hydrogen-bond donors (Lipinski definition) is 4. The molecule has 1 aromatic carbocycles. The van der Waals surface area contributed by atoms with Crippen molar-refractivity contribution >= 4 is 45.7 Å². The molecule has 3 aromatic rings. The van der Waals surface area contributed by atoms with Gasteiger partial charge in [0.2, 0.25) is 0 Å². The zero-order valence-corrected chi connectivity index (χ0v) is 28.4. The van der Waals surface area contributed by atoms with E-state index in [-0.39, 0.29) is 17.9 Å². The Kier molecular flexibility index (Phi) is 15.3. The van der Waals surface area contributed by atoms with Gasteiger partial charge in [0.05, 0.1) is 33.0 Å². The lowest BCUT2D eigenvalue weighted by Gasteiger charge is -2.29. The van der Waals surface area contributed by atoms with Crippen molar-refractivity contribution in [2.45, 2.75) is 64.5 Å². The number of rotatable bonds is 16. The number of fused-ring (bicyclic) bond motifs is 1. The van der Waals surface area contributed by atoms with Crippen molar-refractivity contribution in [2.24, 2.45) is 0 Å². The molecule has 1 atom stereocenters. The topological polar surface area (TPSA) is 99.1 Å². The van der Waals surface area contributed by atoms with Gasteiger partial charge in [-0.2, -0.15) is 0 Å². The molecule has 0 radical (unpaired) electrons. The minimum atomic E-state index is -0.0814. The first kappa shape index (κ1) is 35.5. The maximum Gasteiger partial charge on any atom is 0.275 e. The first-order chi connectivity index (χ1) is 22.1. The van der Waals surface area contributed by atoms with Gasteiger partial charge in [-0.1, -0.05) is 30.7 Å². The molecule has 4 heterocycles. The van der Waals surface area contributed by atoms with Crippen molar-refractivity contribution in [2.75, 3.05) is 69.9 Å². The molecule has 10 nitrogen and oxygen atoms in total. The van der Waals surface area contributed by atoms with Gasteiger partial charge >= 0.3 is 0 Å². The number of pyridine rings is 2. The minimum Gasteiger partial charge on any atom is -0.378 e. The van der Waals surface area contributed by atoms with Crippen LogP contribution in [-0.2, 0) is 32.1 Å². The fraction of sp³-hybridized carbons (Fsp3) is 0.576. The molecule has 2 fully saturated rings. The molecule has 2 aliphatic heterocycles. The van der Waals surface area contributed by atoms with Crippen molar-refractivity contribution in [3.63, 3.8) is 0 Å². The summed E-state index contributed by atoms with van der Waals surface area (Å²) in [6.07, 6.45) is 6.46. The molecule has 0 bridgehead atoms. The third-order valence-corrected chi connectivity index (χ3v) is 8.14. The molecule has 2 N–H and O–H groups in total. The average molecular weight is 660 g/mol. The molecule has 0 amide bonds. The minimum absolute atomic E-state index is 0.0111. The van der Waals surface area contributed by atoms with Gasteiger partial charge in [-0.05, 0) is 69.5 Å². The van der Waals surface area contributed by atoms with Crippen LogP contribution >= 0.6 is 23.3 Å². The second-order valence-corrected chi connectivity index (χ2v) is 11.3. The summed E-state index contributed by atoms with van der Waals surface area (Å²) in [5.41, 5.74) is 4.74. The van der Waals surface area contributed by atoms with E-state index in [0.717, 1.165) is 61.9 Å². The van der Waals surface area contributed by atoms with Crippen LogP contribution in [0.25, 0.3) is 11.0 Å². The van der Waals surface area contributed by atoms with Crippen LogP contribution in [0.2, 0.25) is 0 Å². The molecule has 1 unspecified atom stereocenters. The molecular formula is C33H49N5O5S2. The maximum atomic E-state index is 13.9. The van der Waals surface area contributed by atoms with E-state index in [1.807, 2.05) is 23.7 Å². The molecule has 0 aliphatic carbocycles. The van der Waals surface area contributed by atoms with Crippen LogP contribution in [0, 0.1) is 0 Å². The third kappa shape index (κ3) is 10.3. The quantitative estimate of drug-likeness (QED) is 0.0937. The highest BCUT2D eigenvalue weighted by Gasteiger charge is 2.21. The average Bonchev–Trinajstić information content (AvgIpc) is 3.60. The van der Waals surface area contributed by atoms with Gasteiger partial charge in [0, 0.05) is 49.6 Å². The maximum absolute atomic E-state index is 13.9. The largest absolute Gasteiger partial charge is 0.378 e. The Labute approximate surface area is 277 Å². The van der Waals surface area contributed by atoms with Gasteiger partial charge in [0.25, 0.3) is 5.56 Å². The number of aryl methyl sites for hydroxylation is 1. The van der Waals surface area contributed by atoms with Crippen LogP contribution < -0.4 is 21.1 Å². The molecule has 5 rings (SSSR count). The van der Waals surface area contributed by atoms with E-state index in [4.69, 9.17) is 23.9 Å². The van der Waals surface area contributed by atoms with Crippen molar-refractivity contribution in [3.8, 4) is 0 Å². The van der Waals surface area contributed by atoms with Gasteiger partial charge in [0.15, 0.2) is 6.29 Å². The predicted molar refractivity (Wildman–Crippen MR) is 188 cm³/mol. The molecule has 2 aromatic heterocycles. The van der Waals surface area contributed by atoms with Crippen LogP contribution in [0.3, 0.4) is 0 Å². The molecule has 2 saturated heterocycles. The number of hydrogen-bond acceptors (Lipinski definition) is 11. The van der Waals surface area contributed by atoms with Gasteiger partial charge in [-0.3, -0.25) is 9.36 Å². The lowest BCUT2D eigenvalue weighted by atomic mass is 10.0. The second-order valence-electron chi connectivity index (χ2n) is 11.3. The number of morpholine rings is 1.